The number of nitrogens with one attached hydrogen (secondary N) is 1. The molecule has 1 aromatic carbocycles. The van der Waals surface area contributed by atoms with Crippen molar-refractivity contribution >= 4 is 0 Å². The Balaban J connectivity index is 2.83. The fourth-order valence-corrected chi connectivity index (χ4v) is 1.35. The van der Waals surface area contributed by atoms with E-state index in [0.29, 0.717) is 0 Å². The van der Waals surface area contributed by atoms with Gasteiger partial charge in [0.15, 0.2) is 11.6 Å². The van der Waals surface area contributed by atoms with Crippen LogP contribution < -0.4 is 10.1 Å². The fourth-order valence-electron chi connectivity index (χ4n) is 1.35. The van der Waals surface area contributed by atoms with Crippen molar-refractivity contribution in [3.8, 4) is 5.75 Å². The van der Waals surface area contributed by atoms with Crippen molar-refractivity contribution in [2.75, 3.05) is 7.05 Å². The first-order valence-electron chi connectivity index (χ1n) is 5.77. The van der Waals surface area contributed by atoms with Crippen LogP contribution in [0.5, 0.6) is 5.75 Å². The molecule has 0 aliphatic rings. The van der Waals surface area contributed by atoms with Gasteiger partial charge in [-0.1, -0.05) is 6.07 Å². The SMILES string of the molecule is CNC(C)c1ccc(OC(C)C(C)O)c(F)c1. The first-order chi connectivity index (χ1) is 7.95. The lowest BCUT2D eigenvalue weighted by molar-refractivity contribution is 0.0579. The van der Waals surface area contributed by atoms with Crippen LogP contribution in [0.25, 0.3) is 0 Å². The van der Waals surface area contributed by atoms with Crippen molar-refractivity contribution in [3.05, 3.63) is 29.6 Å². The summed E-state index contributed by atoms with van der Waals surface area (Å²) in [5, 5.41) is 12.3. The maximum Gasteiger partial charge on any atom is 0.165 e. The van der Waals surface area contributed by atoms with Gasteiger partial charge in [-0.2, -0.15) is 0 Å². The summed E-state index contributed by atoms with van der Waals surface area (Å²) in [6.45, 7) is 5.27. The van der Waals surface area contributed by atoms with Gasteiger partial charge in [-0.25, -0.2) is 4.39 Å². The van der Waals surface area contributed by atoms with Gasteiger partial charge in [0, 0.05) is 6.04 Å². The standard InChI is InChI=1S/C13H20FNO2/c1-8(15-4)11-5-6-13(12(14)7-11)17-10(3)9(2)16/h5-10,15-16H,1-4H3. The molecule has 0 aromatic heterocycles. The molecule has 96 valence electrons. The largest absolute Gasteiger partial charge is 0.485 e. The molecule has 0 aliphatic heterocycles. The van der Waals surface area contributed by atoms with E-state index in [1.807, 2.05) is 20.0 Å². The van der Waals surface area contributed by atoms with Crippen LogP contribution in [-0.2, 0) is 0 Å². The van der Waals surface area contributed by atoms with E-state index in [0.717, 1.165) is 5.56 Å². The van der Waals surface area contributed by atoms with Gasteiger partial charge >= 0.3 is 0 Å². The fraction of sp³-hybridized carbons (Fsp3) is 0.538. The minimum absolute atomic E-state index is 0.0905. The predicted molar refractivity (Wildman–Crippen MR) is 65.6 cm³/mol. The second-order valence-electron chi connectivity index (χ2n) is 4.26. The van der Waals surface area contributed by atoms with Crippen LogP contribution >= 0.6 is 0 Å². The Morgan fingerprint density at radius 2 is 1.94 bits per heavy atom. The van der Waals surface area contributed by atoms with Crippen LogP contribution in [0.3, 0.4) is 0 Å². The summed E-state index contributed by atoms with van der Waals surface area (Å²) in [4.78, 5) is 0. The number of hydrogen-bond acceptors (Lipinski definition) is 3. The van der Waals surface area contributed by atoms with Gasteiger partial charge < -0.3 is 15.2 Å². The summed E-state index contributed by atoms with van der Waals surface area (Å²) in [5.41, 5.74) is 0.863. The highest BCUT2D eigenvalue weighted by molar-refractivity contribution is 5.31. The zero-order valence-corrected chi connectivity index (χ0v) is 10.7. The smallest absolute Gasteiger partial charge is 0.165 e. The Bertz CT molecular complexity index is 368. The third kappa shape index (κ3) is 3.68. The summed E-state index contributed by atoms with van der Waals surface area (Å²) in [6, 6.07) is 4.95. The first-order valence-corrected chi connectivity index (χ1v) is 5.77. The molecule has 3 nitrogen and oxygen atoms in total. The highest BCUT2D eigenvalue weighted by Gasteiger charge is 2.14. The Morgan fingerprint density at radius 3 is 2.41 bits per heavy atom. The Labute approximate surface area is 102 Å². The van der Waals surface area contributed by atoms with Gasteiger partial charge in [-0.15, -0.1) is 0 Å². The lowest BCUT2D eigenvalue weighted by atomic mass is 10.1. The molecule has 0 spiro atoms. The molecular formula is C13H20FNO2. The van der Waals surface area contributed by atoms with Crippen molar-refractivity contribution in [2.45, 2.75) is 39.0 Å². The number of halogens is 1. The third-order valence-corrected chi connectivity index (χ3v) is 2.88. The lowest BCUT2D eigenvalue weighted by Crippen LogP contribution is -2.26. The van der Waals surface area contributed by atoms with Crippen LogP contribution in [0.4, 0.5) is 4.39 Å². The molecule has 0 bridgehead atoms. The molecule has 3 atom stereocenters. The minimum atomic E-state index is -0.634. The van der Waals surface area contributed by atoms with E-state index in [1.54, 1.807) is 19.9 Å². The summed E-state index contributed by atoms with van der Waals surface area (Å²) < 4.78 is 19.1. The van der Waals surface area contributed by atoms with Crippen molar-refractivity contribution in [2.24, 2.45) is 0 Å². The van der Waals surface area contributed by atoms with E-state index in [9.17, 15) is 9.50 Å². The van der Waals surface area contributed by atoms with E-state index < -0.39 is 18.0 Å². The number of ether oxygens (including phenoxy) is 1. The van der Waals surface area contributed by atoms with Gasteiger partial charge in [0.1, 0.15) is 6.10 Å². The third-order valence-electron chi connectivity index (χ3n) is 2.88. The van der Waals surface area contributed by atoms with Crippen LogP contribution in [-0.4, -0.2) is 24.4 Å². The van der Waals surface area contributed by atoms with Gasteiger partial charge in [0.25, 0.3) is 0 Å². The number of rotatable bonds is 5. The maximum atomic E-state index is 13.7. The average molecular weight is 241 g/mol. The van der Waals surface area contributed by atoms with E-state index >= 15 is 0 Å². The highest BCUT2D eigenvalue weighted by atomic mass is 19.1. The van der Waals surface area contributed by atoms with Gasteiger partial charge in [0.2, 0.25) is 0 Å². The molecule has 0 heterocycles. The van der Waals surface area contributed by atoms with E-state index in [-0.39, 0.29) is 11.8 Å². The Kier molecular flexibility index (Phi) is 4.90. The van der Waals surface area contributed by atoms with Crippen molar-refractivity contribution < 1.29 is 14.2 Å². The normalized spacial score (nSPS) is 16.4. The topological polar surface area (TPSA) is 41.5 Å². The molecule has 0 saturated heterocycles. The zero-order valence-electron chi connectivity index (χ0n) is 10.7. The quantitative estimate of drug-likeness (QED) is 0.830. The molecule has 17 heavy (non-hydrogen) atoms. The van der Waals surface area contributed by atoms with Crippen molar-refractivity contribution in [1.82, 2.24) is 5.32 Å². The van der Waals surface area contributed by atoms with Crippen LogP contribution in [0.2, 0.25) is 0 Å². The van der Waals surface area contributed by atoms with Crippen LogP contribution in [0.15, 0.2) is 18.2 Å². The zero-order chi connectivity index (χ0) is 13.0. The molecule has 0 aliphatic carbocycles. The number of hydrogen-bond donors (Lipinski definition) is 2. The molecule has 0 amide bonds. The maximum absolute atomic E-state index is 13.7. The molecule has 0 saturated carbocycles. The Morgan fingerprint density at radius 1 is 1.29 bits per heavy atom. The van der Waals surface area contributed by atoms with Gasteiger partial charge in [-0.3, -0.25) is 0 Å². The predicted octanol–water partition coefficient (Wildman–Crippen LogP) is 2.25. The number of aliphatic hydroxyl groups excluding tert-OH is 1. The monoisotopic (exact) mass is 241 g/mol. The Hall–Kier alpha value is -1.13. The second kappa shape index (κ2) is 5.98. The lowest BCUT2D eigenvalue weighted by Gasteiger charge is -2.18. The molecule has 1 aromatic rings. The van der Waals surface area contributed by atoms with E-state index in [4.69, 9.17) is 4.74 Å². The van der Waals surface area contributed by atoms with E-state index in [2.05, 4.69) is 5.32 Å². The van der Waals surface area contributed by atoms with Crippen LogP contribution in [0, 0.1) is 5.82 Å². The van der Waals surface area contributed by atoms with Crippen molar-refractivity contribution in [1.29, 1.82) is 0 Å². The summed E-state index contributed by atoms with van der Waals surface area (Å²) >= 11 is 0. The summed E-state index contributed by atoms with van der Waals surface area (Å²) in [6.07, 6.45) is -1.07. The summed E-state index contributed by atoms with van der Waals surface area (Å²) in [7, 11) is 1.82. The van der Waals surface area contributed by atoms with Crippen molar-refractivity contribution in [3.63, 3.8) is 0 Å². The molecular weight excluding hydrogens is 221 g/mol. The molecule has 4 heteroatoms. The molecule has 0 fully saturated rings. The van der Waals surface area contributed by atoms with E-state index in [1.165, 1.54) is 6.07 Å². The highest BCUT2D eigenvalue weighted by Crippen LogP contribution is 2.23. The summed E-state index contributed by atoms with van der Waals surface area (Å²) in [5.74, 6) is -0.234. The first kappa shape index (κ1) is 13.9. The van der Waals surface area contributed by atoms with Gasteiger partial charge in [0.05, 0.1) is 6.10 Å². The number of benzene rings is 1. The molecule has 2 N–H and O–H groups in total. The minimum Gasteiger partial charge on any atom is -0.485 e. The van der Waals surface area contributed by atoms with Crippen LogP contribution in [0.1, 0.15) is 32.4 Å². The molecule has 1 rings (SSSR count). The molecule has 0 radical (unpaired) electrons. The average Bonchev–Trinajstić information content (AvgIpc) is 2.30. The number of aliphatic hydroxyl groups is 1. The second-order valence-corrected chi connectivity index (χ2v) is 4.26. The van der Waals surface area contributed by atoms with Gasteiger partial charge in [-0.05, 0) is 45.5 Å². The molecule has 3 unspecified atom stereocenters.